The van der Waals surface area contributed by atoms with Gasteiger partial charge in [-0.25, -0.2) is 4.98 Å². The number of halogens is 2. The predicted molar refractivity (Wildman–Crippen MR) is 62.3 cm³/mol. The summed E-state index contributed by atoms with van der Waals surface area (Å²) < 4.78 is 1.57. The molecule has 0 aromatic carbocycles. The summed E-state index contributed by atoms with van der Waals surface area (Å²) >= 11 is 6.39. The Kier molecular flexibility index (Phi) is 4.28. The monoisotopic (exact) mass is 318 g/mol. The van der Waals surface area contributed by atoms with E-state index < -0.39 is 0 Å². The zero-order valence-corrected chi connectivity index (χ0v) is 10.4. The first-order valence-corrected chi connectivity index (χ1v) is 5.41. The van der Waals surface area contributed by atoms with Gasteiger partial charge in [0.1, 0.15) is 5.69 Å². The van der Waals surface area contributed by atoms with E-state index in [0.717, 1.165) is 8.96 Å². The van der Waals surface area contributed by atoms with Gasteiger partial charge < -0.3 is 5.32 Å². The van der Waals surface area contributed by atoms with Crippen molar-refractivity contribution >= 4 is 37.8 Å². The molecule has 0 aliphatic carbocycles. The Bertz CT molecular complexity index is 348. The van der Waals surface area contributed by atoms with Crippen LogP contribution in [0.3, 0.4) is 0 Å². The third-order valence-corrected chi connectivity index (χ3v) is 2.15. The Labute approximate surface area is 98.9 Å². The van der Waals surface area contributed by atoms with E-state index in [1.165, 1.54) is 0 Å². The number of aromatic nitrogens is 1. The average Bonchev–Trinajstić information content (AvgIpc) is 2.15. The van der Waals surface area contributed by atoms with Gasteiger partial charge in [-0.3, -0.25) is 4.79 Å². The molecule has 14 heavy (non-hydrogen) atoms. The second-order valence-electron chi connectivity index (χ2n) is 2.56. The Morgan fingerprint density at radius 3 is 2.79 bits per heavy atom. The summed E-state index contributed by atoms with van der Waals surface area (Å²) in [6.45, 7) is 4.01. The molecule has 3 nitrogen and oxygen atoms in total. The van der Waals surface area contributed by atoms with Gasteiger partial charge >= 0.3 is 0 Å². The highest BCUT2D eigenvalue weighted by Gasteiger charge is 2.05. The molecule has 1 aromatic rings. The fraction of sp³-hybridized carbons (Fsp3) is 0.111. The molecule has 0 unspecified atom stereocenters. The molecular formula is C9H8Br2N2O. The van der Waals surface area contributed by atoms with E-state index in [2.05, 4.69) is 48.7 Å². The molecule has 1 N–H and O–H groups in total. The summed E-state index contributed by atoms with van der Waals surface area (Å²) in [6.07, 6.45) is 1.58. The number of nitrogens with one attached hydrogen (secondary N) is 1. The summed E-state index contributed by atoms with van der Waals surface area (Å²) in [4.78, 5) is 15.4. The molecule has 0 saturated heterocycles. The lowest BCUT2D eigenvalue weighted by molar-refractivity contribution is 0.0953. The van der Waals surface area contributed by atoms with E-state index in [0.29, 0.717) is 12.2 Å². The van der Waals surface area contributed by atoms with Crippen LogP contribution in [-0.2, 0) is 0 Å². The van der Waals surface area contributed by atoms with Crippen LogP contribution in [0.1, 0.15) is 10.5 Å². The molecular weight excluding hydrogens is 312 g/mol. The van der Waals surface area contributed by atoms with Gasteiger partial charge in [0.25, 0.3) is 5.91 Å². The largest absolute Gasteiger partial charge is 0.346 e. The van der Waals surface area contributed by atoms with Crippen molar-refractivity contribution in [1.29, 1.82) is 0 Å². The highest BCUT2D eigenvalue weighted by molar-refractivity contribution is 9.11. The third-order valence-electron chi connectivity index (χ3n) is 1.40. The maximum absolute atomic E-state index is 11.4. The van der Waals surface area contributed by atoms with Crippen LogP contribution >= 0.6 is 31.9 Å². The van der Waals surface area contributed by atoms with Gasteiger partial charge in [0, 0.05) is 21.7 Å². The second kappa shape index (κ2) is 5.26. The summed E-state index contributed by atoms with van der Waals surface area (Å²) in [5.41, 5.74) is 0.391. The van der Waals surface area contributed by atoms with Gasteiger partial charge in [-0.05, 0) is 28.1 Å². The minimum atomic E-state index is -0.210. The maximum atomic E-state index is 11.4. The highest BCUT2D eigenvalue weighted by atomic mass is 79.9. The molecule has 1 aromatic heterocycles. The van der Waals surface area contributed by atoms with Crippen molar-refractivity contribution in [1.82, 2.24) is 10.3 Å². The number of carbonyl (C=O) groups is 1. The van der Waals surface area contributed by atoms with Crippen LogP contribution in [0, 0.1) is 0 Å². The Morgan fingerprint density at radius 2 is 2.29 bits per heavy atom. The summed E-state index contributed by atoms with van der Waals surface area (Å²) in [7, 11) is 0. The summed E-state index contributed by atoms with van der Waals surface area (Å²) in [5.74, 6) is -0.210. The molecule has 0 fully saturated rings. The van der Waals surface area contributed by atoms with E-state index in [1.807, 2.05) is 0 Å². The Hall–Kier alpha value is -0.680. The molecule has 0 atom stereocenters. The smallest absolute Gasteiger partial charge is 0.270 e. The predicted octanol–water partition coefficient (Wildman–Crippen LogP) is 2.48. The number of hydrogen-bond donors (Lipinski definition) is 1. The van der Waals surface area contributed by atoms with Crippen LogP contribution in [0.2, 0.25) is 0 Å². The first-order valence-electron chi connectivity index (χ1n) is 3.82. The number of amides is 1. The zero-order valence-electron chi connectivity index (χ0n) is 7.26. The van der Waals surface area contributed by atoms with Crippen molar-refractivity contribution in [2.24, 2.45) is 0 Å². The Balaban J connectivity index is 2.61. The normalized spacial score (nSPS) is 9.57. The van der Waals surface area contributed by atoms with E-state index in [-0.39, 0.29) is 5.91 Å². The summed E-state index contributed by atoms with van der Waals surface area (Å²) in [6, 6.07) is 3.42. The fourth-order valence-corrected chi connectivity index (χ4v) is 1.15. The minimum absolute atomic E-state index is 0.210. The van der Waals surface area contributed by atoms with Crippen LogP contribution < -0.4 is 5.32 Å². The van der Waals surface area contributed by atoms with Gasteiger partial charge in [-0.15, -0.1) is 0 Å². The second-order valence-corrected chi connectivity index (χ2v) is 4.60. The van der Waals surface area contributed by atoms with Gasteiger partial charge in [-0.2, -0.15) is 0 Å². The highest BCUT2D eigenvalue weighted by Crippen LogP contribution is 2.07. The van der Waals surface area contributed by atoms with Crippen LogP contribution in [0.15, 0.2) is 33.9 Å². The molecule has 0 aliphatic rings. The quantitative estimate of drug-likeness (QED) is 0.930. The molecule has 0 bridgehead atoms. The van der Waals surface area contributed by atoms with Crippen LogP contribution in [0.4, 0.5) is 0 Å². The number of rotatable bonds is 3. The summed E-state index contributed by atoms with van der Waals surface area (Å²) in [5, 5.41) is 2.65. The molecule has 0 spiro atoms. The van der Waals surface area contributed by atoms with Crippen LogP contribution in [0.5, 0.6) is 0 Å². The fourth-order valence-electron chi connectivity index (χ4n) is 0.777. The van der Waals surface area contributed by atoms with E-state index in [9.17, 15) is 4.79 Å². The lowest BCUT2D eigenvalue weighted by Gasteiger charge is -2.02. The topological polar surface area (TPSA) is 42.0 Å². The van der Waals surface area contributed by atoms with Gasteiger partial charge in [0.05, 0.1) is 0 Å². The molecule has 74 valence electrons. The van der Waals surface area contributed by atoms with E-state index in [1.54, 1.807) is 18.3 Å². The molecule has 1 amide bonds. The molecule has 1 heterocycles. The first-order chi connectivity index (χ1) is 6.59. The van der Waals surface area contributed by atoms with Gasteiger partial charge in [0.15, 0.2) is 0 Å². The Morgan fingerprint density at radius 1 is 1.57 bits per heavy atom. The molecule has 0 aliphatic heterocycles. The van der Waals surface area contributed by atoms with Crippen molar-refractivity contribution in [3.05, 3.63) is 39.6 Å². The lowest BCUT2D eigenvalue weighted by Crippen LogP contribution is -2.25. The van der Waals surface area contributed by atoms with Gasteiger partial charge in [-0.1, -0.05) is 22.5 Å². The minimum Gasteiger partial charge on any atom is -0.346 e. The molecule has 0 saturated carbocycles. The number of nitrogens with zero attached hydrogens (tertiary/aromatic N) is 1. The van der Waals surface area contributed by atoms with Crippen molar-refractivity contribution in [3.63, 3.8) is 0 Å². The van der Waals surface area contributed by atoms with Crippen LogP contribution in [0.25, 0.3) is 0 Å². The van der Waals surface area contributed by atoms with Crippen molar-refractivity contribution in [3.8, 4) is 0 Å². The average molecular weight is 320 g/mol. The SMILES string of the molecule is C=C(Br)CNC(=O)c1ccc(Br)cn1. The van der Waals surface area contributed by atoms with Crippen molar-refractivity contribution < 1.29 is 4.79 Å². The standard InChI is InChI=1S/C9H8Br2N2O/c1-6(10)4-13-9(14)8-3-2-7(11)5-12-8/h2-3,5H,1,4H2,(H,13,14). The zero-order chi connectivity index (χ0) is 10.6. The maximum Gasteiger partial charge on any atom is 0.270 e. The third kappa shape index (κ3) is 3.59. The van der Waals surface area contributed by atoms with E-state index in [4.69, 9.17) is 0 Å². The number of pyridine rings is 1. The van der Waals surface area contributed by atoms with Crippen LogP contribution in [-0.4, -0.2) is 17.4 Å². The molecule has 5 heteroatoms. The number of carbonyl (C=O) groups excluding carboxylic acids is 1. The van der Waals surface area contributed by atoms with Crippen molar-refractivity contribution in [2.45, 2.75) is 0 Å². The lowest BCUT2D eigenvalue weighted by atomic mass is 10.3. The molecule has 0 radical (unpaired) electrons. The molecule has 1 rings (SSSR count). The first kappa shape index (κ1) is 11.4. The van der Waals surface area contributed by atoms with Crippen molar-refractivity contribution in [2.75, 3.05) is 6.54 Å². The van der Waals surface area contributed by atoms with Gasteiger partial charge in [0.2, 0.25) is 0 Å². The number of hydrogen-bond acceptors (Lipinski definition) is 2. The van der Waals surface area contributed by atoms with E-state index >= 15 is 0 Å².